The van der Waals surface area contributed by atoms with Crippen LogP contribution in [0.4, 0.5) is 5.69 Å². The van der Waals surface area contributed by atoms with Gasteiger partial charge in [0.2, 0.25) is 5.89 Å². The number of nitrogen functional groups attached to an aromatic ring is 1. The highest BCUT2D eigenvalue weighted by Gasteiger charge is 2.13. The van der Waals surface area contributed by atoms with E-state index in [4.69, 9.17) is 10.2 Å². The van der Waals surface area contributed by atoms with E-state index in [0.29, 0.717) is 5.89 Å². The average molecular weight is 286 g/mol. The largest absolute Gasteiger partial charge is 0.436 e. The summed E-state index contributed by atoms with van der Waals surface area (Å²) in [6.45, 7) is 0. The molecule has 0 saturated carbocycles. The van der Waals surface area contributed by atoms with Gasteiger partial charge in [-0.15, -0.1) is 0 Å². The van der Waals surface area contributed by atoms with Crippen molar-refractivity contribution in [2.24, 2.45) is 0 Å². The third kappa shape index (κ3) is 2.13. The molecule has 0 atom stereocenters. The van der Waals surface area contributed by atoms with Crippen molar-refractivity contribution in [1.82, 2.24) is 4.98 Å². The number of anilines is 1. The second-order valence-corrected chi connectivity index (χ2v) is 5.16. The van der Waals surface area contributed by atoms with Gasteiger partial charge in [-0.25, -0.2) is 4.98 Å². The fourth-order valence-corrected chi connectivity index (χ4v) is 2.59. The molecule has 3 heteroatoms. The molecule has 22 heavy (non-hydrogen) atoms. The molecule has 4 aromatic rings. The third-order valence-corrected chi connectivity index (χ3v) is 3.65. The molecule has 2 N–H and O–H groups in total. The van der Waals surface area contributed by atoms with Gasteiger partial charge in [0, 0.05) is 11.3 Å². The van der Waals surface area contributed by atoms with Gasteiger partial charge in [-0.3, -0.25) is 0 Å². The van der Waals surface area contributed by atoms with Gasteiger partial charge in [-0.2, -0.15) is 0 Å². The van der Waals surface area contributed by atoms with E-state index in [-0.39, 0.29) is 0 Å². The molecule has 0 radical (unpaired) electrons. The summed E-state index contributed by atoms with van der Waals surface area (Å²) >= 11 is 0. The maximum absolute atomic E-state index is 5.97. The van der Waals surface area contributed by atoms with Crippen LogP contribution in [0.2, 0.25) is 0 Å². The molecule has 1 heterocycles. The molecule has 106 valence electrons. The van der Waals surface area contributed by atoms with Gasteiger partial charge in [-0.05, 0) is 41.5 Å². The maximum atomic E-state index is 5.97. The Labute approximate surface area is 128 Å². The van der Waals surface area contributed by atoms with E-state index in [9.17, 15) is 0 Å². The Hall–Kier alpha value is -3.07. The first kappa shape index (κ1) is 12.7. The molecule has 0 aliphatic carbocycles. The normalized spacial score (nSPS) is 10.9. The van der Waals surface area contributed by atoms with Gasteiger partial charge in [0.1, 0.15) is 5.52 Å². The molecule has 1 aromatic heterocycles. The van der Waals surface area contributed by atoms with Crippen molar-refractivity contribution in [2.75, 3.05) is 5.73 Å². The lowest BCUT2D eigenvalue weighted by atomic mass is 9.99. The Morgan fingerprint density at radius 2 is 1.55 bits per heavy atom. The molecule has 0 saturated heterocycles. The van der Waals surface area contributed by atoms with Gasteiger partial charge in [0.15, 0.2) is 5.58 Å². The summed E-state index contributed by atoms with van der Waals surface area (Å²) < 4.78 is 5.90. The number of hydrogen-bond donors (Lipinski definition) is 1. The van der Waals surface area contributed by atoms with Gasteiger partial charge in [0.25, 0.3) is 0 Å². The van der Waals surface area contributed by atoms with Crippen molar-refractivity contribution < 1.29 is 4.42 Å². The lowest BCUT2D eigenvalue weighted by molar-refractivity contribution is 0.620. The summed E-state index contributed by atoms with van der Waals surface area (Å²) in [7, 11) is 0. The van der Waals surface area contributed by atoms with Crippen LogP contribution in [0.5, 0.6) is 0 Å². The minimum absolute atomic E-state index is 0.611. The molecular formula is C19H14N2O. The Kier molecular flexibility index (Phi) is 2.90. The minimum Gasteiger partial charge on any atom is -0.436 e. The van der Waals surface area contributed by atoms with Crippen LogP contribution < -0.4 is 5.73 Å². The van der Waals surface area contributed by atoms with Crippen molar-refractivity contribution in [1.29, 1.82) is 0 Å². The summed E-state index contributed by atoms with van der Waals surface area (Å²) in [4.78, 5) is 4.59. The molecular weight excluding hydrogens is 272 g/mol. The van der Waals surface area contributed by atoms with Gasteiger partial charge < -0.3 is 10.2 Å². The predicted molar refractivity (Wildman–Crippen MR) is 89.3 cm³/mol. The van der Waals surface area contributed by atoms with Crippen LogP contribution in [-0.2, 0) is 0 Å². The molecule has 0 bridgehead atoms. The van der Waals surface area contributed by atoms with Crippen molar-refractivity contribution in [3.8, 4) is 22.6 Å². The van der Waals surface area contributed by atoms with Crippen LogP contribution in [-0.4, -0.2) is 4.98 Å². The number of hydrogen-bond acceptors (Lipinski definition) is 3. The zero-order valence-corrected chi connectivity index (χ0v) is 11.9. The van der Waals surface area contributed by atoms with E-state index < -0.39 is 0 Å². The van der Waals surface area contributed by atoms with E-state index in [2.05, 4.69) is 17.1 Å². The predicted octanol–water partition coefficient (Wildman–Crippen LogP) is 4.74. The number of nitrogens with two attached hydrogens (primary N) is 1. The average Bonchev–Trinajstić information content (AvgIpc) is 2.99. The standard InChI is InChI=1S/C19H14N2O/c20-14-10-11-15(16(12-14)13-6-2-1-3-7-13)19-21-17-8-4-5-9-18(17)22-19/h1-12H,20H2. The topological polar surface area (TPSA) is 52.0 Å². The molecule has 0 aliphatic rings. The Morgan fingerprint density at radius 3 is 2.36 bits per heavy atom. The second kappa shape index (κ2) is 5.04. The van der Waals surface area contributed by atoms with Gasteiger partial charge in [0.05, 0.1) is 0 Å². The lowest BCUT2D eigenvalue weighted by Gasteiger charge is -2.08. The number of para-hydroxylation sites is 2. The molecule has 3 aromatic carbocycles. The summed E-state index contributed by atoms with van der Waals surface area (Å²) in [6.07, 6.45) is 0. The second-order valence-electron chi connectivity index (χ2n) is 5.16. The molecule has 0 fully saturated rings. The Balaban J connectivity index is 1.95. The van der Waals surface area contributed by atoms with Crippen molar-refractivity contribution in [3.63, 3.8) is 0 Å². The molecule has 0 amide bonds. The number of nitrogens with zero attached hydrogens (tertiary/aromatic N) is 1. The van der Waals surface area contributed by atoms with Gasteiger partial charge in [-0.1, -0.05) is 42.5 Å². The number of fused-ring (bicyclic) bond motifs is 1. The van der Waals surface area contributed by atoms with E-state index in [1.807, 2.05) is 60.7 Å². The van der Waals surface area contributed by atoms with Crippen LogP contribution in [0.15, 0.2) is 77.2 Å². The molecule has 3 nitrogen and oxygen atoms in total. The summed E-state index contributed by atoms with van der Waals surface area (Å²) in [5, 5.41) is 0. The first-order valence-electron chi connectivity index (χ1n) is 7.12. The highest BCUT2D eigenvalue weighted by atomic mass is 16.3. The SMILES string of the molecule is Nc1ccc(-c2nc3ccccc3o2)c(-c2ccccc2)c1. The molecule has 0 aliphatic heterocycles. The van der Waals surface area contributed by atoms with E-state index in [1.165, 1.54) is 0 Å². The Morgan fingerprint density at radius 1 is 0.773 bits per heavy atom. The molecule has 4 rings (SSSR count). The van der Waals surface area contributed by atoms with Crippen LogP contribution in [0.25, 0.3) is 33.7 Å². The van der Waals surface area contributed by atoms with Crippen LogP contribution >= 0.6 is 0 Å². The first-order chi connectivity index (χ1) is 10.8. The summed E-state index contributed by atoms with van der Waals surface area (Å²) in [5.74, 6) is 0.611. The number of rotatable bonds is 2. The first-order valence-corrected chi connectivity index (χ1v) is 7.12. The fourth-order valence-electron chi connectivity index (χ4n) is 2.59. The van der Waals surface area contributed by atoms with E-state index in [0.717, 1.165) is 33.5 Å². The monoisotopic (exact) mass is 286 g/mol. The number of benzene rings is 3. The number of oxazole rings is 1. The van der Waals surface area contributed by atoms with Crippen molar-refractivity contribution in [2.45, 2.75) is 0 Å². The zero-order chi connectivity index (χ0) is 14.9. The quantitative estimate of drug-likeness (QED) is 0.541. The van der Waals surface area contributed by atoms with Gasteiger partial charge >= 0.3 is 0 Å². The van der Waals surface area contributed by atoms with Crippen molar-refractivity contribution >= 4 is 16.8 Å². The fraction of sp³-hybridized carbons (Fsp3) is 0. The highest BCUT2D eigenvalue weighted by Crippen LogP contribution is 2.34. The summed E-state index contributed by atoms with van der Waals surface area (Å²) in [5.41, 5.74) is 11.4. The third-order valence-electron chi connectivity index (χ3n) is 3.65. The van der Waals surface area contributed by atoms with E-state index >= 15 is 0 Å². The highest BCUT2D eigenvalue weighted by molar-refractivity contribution is 5.85. The number of aromatic nitrogens is 1. The molecule has 0 unspecified atom stereocenters. The molecule has 0 spiro atoms. The maximum Gasteiger partial charge on any atom is 0.227 e. The summed E-state index contributed by atoms with van der Waals surface area (Å²) in [6, 6.07) is 23.7. The van der Waals surface area contributed by atoms with Crippen LogP contribution in [0.3, 0.4) is 0 Å². The lowest BCUT2D eigenvalue weighted by Crippen LogP contribution is -1.90. The van der Waals surface area contributed by atoms with E-state index in [1.54, 1.807) is 0 Å². The smallest absolute Gasteiger partial charge is 0.227 e. The van der Waals surface area contributed by atoms with Crippen molar-refractivity contribution in [3.05, 3.63) is 72.8 Å². The minimum atomic E-state index is 0.611. The van der Waals surface area contributed by atoms with Crippen LogP contribution in [0, 0.1) is 0 Å². The van der Waals surface area contributed by atoms with Crippen LogP contribution in [0.1, 0.15) is 0 Å². The Bertz CT molecular complexity index is 909. The zero-order valence-electron chi connectivity index (χ0n) is 11.9.